The maximum Gasteiger partial charge on any atom is 0.240 e. The topological polar surface area (TPSA) is 43.1 Å². The van der Waals surface area contributed by atoms with Crippen molar-refractivity contribution in [2.24, 2.45) is 5.73 Å². The molecule has 0 aliphatic carbocycles. The van der Waals surface area contributed by atoms with Gasteiger partial charge in [-0.1, -0.05) is 29.8 Å². The molecule has 12 heavy (non-hydrogen) atoms. The molecule has 1 aromatic rings. The third-order valence-corrected chi connectivity index (χ3v) is 2.05. The van der Waals surface area contributed by atoms with E-state index in [1.54, 1.807) is 6.07 Å². The van der Waals surface area contributed by atoms with Crippen molar-refractivity contribution in [1.82, 2.24) is 0 Å². The zero-order chi connectivity index (χ0) is 9.14. The van der Waals surface area contributed by atoms with E-state index in [1.165, 1.54) is 0 Å². The first-order valence-electron chi connectivity index (χ1n) is 3.61. The fourth-order valence-corrected chi connectivity index (χ4v) is 1.13. The Balaban J connectivity index is 2.95. The summed E-state index contributed by atoms with van der Waals surface area (Å²) in [5, 5.41) is -0.718. The van der Waals surface area contributed by atoms with Crippen molar-refractivity contribution < 1.29 is 4.79 Å². The molecular formula is C9H10ClNO. The first-order valence-corrected chi connectivity index (χ1v) is 4.05. The van der Waals surface area contributed by atoms with Crippen LogP contribution < -0.4 is 5.73 Å². The molecule has 0 bridgehead atoms. The minimum atomic E-state index is -0.718. The molecule has 0 unspecified atom stereocenters. The molecule has 0 saturated carbocycles. The normalized spacial score (nSPS) is 12.5. The number of alkyl halides is 1. The fourth-order valence-electron chi connectivity index (χ4n) is 0.992. The van der Waals surface area contributed by atoms with Crippen molar-refractivity contribution in [3.05, 3.63) is 35.4 Å². The SMILES string of the molecule is Cc1cccc([C@H](Cl)C(N)=O)c1. The number of rotatable bonds is 2. The molecule has 1 rings (SSSR count). The van der Waals surface area contributed by atoms with Crippen LogP contribution in [0.25, 0.3) is 0 Å². The van der Waals surface area contributed by atoms with Gasteiger partial charge < -0.3 is 5.73 Å². The second kappa shape index (κ2) is 3.59. The lowest BCUT2D eigenvalue weighted by Crippen LogP contribution is -2.16. The molecule has 1 atom stereocenters. The Morgan fingerprint density at radius 2 is 2.25 bits per heavy atom. The molecule has 0 saturated heterocycles. The number of benzene rings is 1. The van der Waals surface area contributed by atoms with Gasteiger partial charge in [0.1, 0.15) is 5.38 Å². The molecule has 0 fully saturated rings. The van der Waals surface area contributed by atoms with Crippen LogP contribution in [-0.4, -0.2) is 5.91 Å². The minimum Gasteiger partial charge on any atom is -0.368 e. The summed E-state index contributed by atoms with van der Waals surface area (Å²) < 4.78 is 0. The van der Waals surface area contributed by atoms with Gasteiger partial charge in [-0.05, 0) is 12.5 Å². The Morgan fingerprint density at radius 3 is 2.75 bits per heavy atom. The molecule has 64 valence electrons. The standard InChI is InChI=1S/C9H10ClNO/c1-6-3-2-4-7(5-6)8(10)9(11)12/h2-5,8H,1H3,(H2,11,12)/t8-/m0/s1. The molecule has 2 nitrogen and oxygen atoms in total. The summed E-state index contributed by atoms with van der Waals surface area (Å²) in [6.07, 6.45) is 0. The number of hydrogen-bond acceptors (Lipinski definition) is 1. The number of amides is 1. The molecule has 0 aliphatic heterocycles. The first kappa shape index (κ1) is 9.07. The summed E-state index contributed by atoms with van der Waals surface area (Å²) in [7, 11) is 0. The highest BCUT2D eigenvalue weighted by Gasteiger charge is 2.13. The van der Waals surface area contributed by atoms with Crippen molar-refractivity contribution in [1.29, 1.82) is 0 Å². The quantitative estimate of drug-likeness (QED) is 0.698. The molecule has 0 heterocycles. The van der Waals surface area contributed by atoms with Crippen LogP contribution in [0.5, 0.6) is 0 Å². The van der Waals surface area contributed by atoms with E-state index < -0.39 is 11.3 Å². The molecule has 0 spiro atoms. The highest BCUT2D eigenvalue weighted by atomic mass is 35.5. The van der Waals surface area contributed by atoms with Gasteiger partial charge in [0.15, 0.2) is 0 Å². The van der Waals surface area contributed by atoms with Crippen molar-refractivity contribution in [2.75, 3.05) is 0 Å². The van der Waals surface area contributed by atoms with Crippen molar-refractivity contribution in [2.45, 2.75) is 12.3 Å². The Kier molecular flexibility index (Phi) is 2.71. The number of hydrogen-bond donors (Lipinski definition) is 1. The number of carbonyl (C=O) groups is 1. The smallest absolute Gasteiger partial charge is 0.240 e. The highest BCUT2D eigenvalue weighted by molar-refractivity contribution is 6.30. The van der Waals surface area contributed by atoms with Crippen LogP contribution in [0.3, 0.4) is 0 Å². The van der Waals surface area contributed by atoms with E-state index in [0.717, 1.165) is 11.1 Å². The van der Waals surface area contributed by atoms with E-state index in [1.807, 2.05) is 25.1 Å². The summed E-state index contributed by atoms with van der Waals surface area (Å²) in [4.78, 5) is 10.7. The van der Waals surface area contributed by atoms with E-state index >= 15 is 0 Å². The van der Waals surface area contributed by atoms with Gasteiger partial charge in [-0.3, -0.25) is 4.79 Å². The number of nitrogens with two attached hydrogens (primary N) is 1. The Bertz CT molecular complexity index is 298. The van der Waals surface area contributed by atoms with Crippen molar-refractivity contribution in [3.63, 3.8) is 0 Å². The number of aryl methyl sites for hydroxylation is 1. The average molecular weight is 184 g/mol. The molecule has 0 radical (unpaired) electrons. The first-order chi connectivity index (χ1) is 5.61. The van der Waals surface area contributed by atoms with Crippen LogP contribution in [0, 0.1) is 6.92 Å². The molecule has 1 amide bonds. The third kappa shape index (κ3) is 1.98. The van der Waals surface area contributed by atoms with E-state index in [2.05, 4.69) is 0 Å². The predicted octanol–water partition coefficient (Wildman–Crippen LogP) is 1.76. The Labute approximate surface area is 76.3 Å². The van der Waals surface area contributed by atoms with Gasteiger partial charge in [0.2, 0.25) is 5.91 Å². The lowest BCUT2D eigenvalue weighted by molar-refractivity contribution is -0.117. The lowest BCUT2D eigenvalue weighted by Gasteiger charge is -2.05. The maximum atomic E-state index is 10.7. The van der Waals surface area contributed by atoms with Gasteiger partial charge >= 0.3 is 0 Å². The van der Waals surface area contributed by atoms with Crippen molar-refractivity contribution in [3.8, 4) is 0 Å². The second-order valence-corrected chi connectivity index (χ2v) is 3.12. The van der Waals surface area contributed by atoms with E-state index in [-0.39, 0.29) is 0 Å². The zero-order valence-corrected chi connectivity index (χ0v) is 7.51. The van der Waals surface area contributed by atoms with Gasteiger partial charge in [-0.2, -0.15) is 0 Å². The second-order valence-electron chi connectivity index (χ2n) is 2.68. The van der Waals surface area contributed by atoms with Crippen LogP contribution in [0.1, 0.15) is 16.5 Å². The zero-order valence-electron chi connectivity index (χ0n) is 6.75. The van der Waals surface area contributed by atoms with Gasteiger partial charge in [0.05, 0.1) is 0 Å². The van der Waals surface area contributed by atoms with Gasteiger partial charge in [-0.15, -0.1) is 11.6 Å². The molecule has 3 heteroatoms. The van der Waals surface area contributed by atoms with Crippen LogP contribution in [0.2, 0.25) is 0 Å². The lowest BCUT2D eigenvalue weighted by atomic mass is 10.1. The summed E-state index contributed by atoms with van der Waals surface area (Å²) >= 11 is 5.74. The maximum absolute atomic E-state index is 10.7. The predicted molar refractivity (Wildman–Crippen MR) is 49.0 cm³/mol. The highest BCUT2D eigenvalue weighted by Crippen LogP contribution is 2.20. The van der Waals surface area contributed by atoms with E-state index in [0.29, 0.717) is 0 Å². The van der Waals surface area contributed by atoms with Crippen LogP contribution in [-0.2, 0) is 4.79 Å². The third-order valence-electron chi connectivity index (χ3n) is 1.58. The fraction of sp³-hybridized carbons (Fsp3) is 0.222. The summed E-state index contributed by atoms with van der Waals surface area (Å²) in [5.41, 5.74) is 6.87. The average Bonchev–Trinajstić information content (AvgIpc) is 2.03. The van der Waals surface area contributed by atoms with E-state index in [4.69, 9.17) is 17.3 Å². The number of halogens is 1. The molecule has 2 N–H and O–H groups in total. The summed E-state index contributed by atoms with van der Waals surface area (Å²) in [6, 6.07) is 7.43. The van der Waals surface area contributed by atoms with Gasteiger partial charge in [-0.25, -0.2) is 0 Å². The van der Waals surface area contributed by atoms with Crippen LogP contribution in [0.15, 0.2) is 24.3 Å². The van der Waals surface area contributed by atoms with Crippen LogP contribution in [0.4, 0.5) is 0 Å². The monoisotopic (exact) mass is 183 g/mol. The van der Waals surface area contributed by atoms with Gasteiger partial charge in [0.25, 0.3) is 0 Å². The largest absolute Gasteiger partial charge is 0.368 e. The minimum absolute atomic E-state index is 0.512. The Hall–Kier alpha value is -1.02. The van der Waals surface area contributed by atoms with E-state index in [9.17, 15) is 4.79 Å². The van der Waals surface area contributed by atoms with Crippen molar-refractivity contribution >= 4 is 17.5 Å². The molecule has 0 aliphatic rings. The number of primary amides is 1. The molecule has 1 aromatic carbocycles. The van der Waals surface area contributed by atoms with Gasteiger partial charge in [0, 0.05) is 0 Å². The molecular weight excluding hydrogens is 174 g/mol. The Morgan fingerprint density at radius 1 is 1.58 bits per heavy atom. The number of carbonyl (C=O) groups excluding carboxylic acids is 1. The molecule has 0 aromatic heterocycles. The summed E-state index contributed by atoms with van der Waals surface area (Å²) in [5.74, 6) is -0.512. The summed E-state index contributed by atoms with van der Waals surface area (Å²) in [6.45, 7) is 1.94. The van der Waals surface area contributed by atoms with Crippen LogP contribution >= 0.6 is 11.6 Å².